The van der Waals surface area contributed by atoms with Gasteiger partial charge < -0.3 is 15.4 Å². The third kappa shape index (κ3) is 2.27. The van der Waals surface area contributed by atoms with Crippen LogP contribution in [0.2, 0.25) is 0 Å². The van der Waals surface area contributed by atoms with Crippen molar-refractivity contribution in [2.75, 3.05) is 30.8 Å². The molecule has 0 aromatic carbocycles. The van der Waals surface area contributed by atoms with Crippen molar-refractivity contribution >= 4 is 22.7 Å². The van der Waals surface area contributed by atoms with E-state index in [9.17, 15) is 0 Å². The van der Waals surface area contributed by atoms with E-state index in [0.29, 0.717) is 17.4 Å². The Morgan fingerprint density at radius 3 is 3.00 bits per heavy atom. The molecule has 2 atom stereocenters. The first-order valence-electron chi connectivity index (χ1n) is 6.84. The summed E-state index contributed by atoms with van der Waals surface area (Å²) in [5.41, 5.74) is 6.35. The van der Waals surface area contributed by atoms with Crippen LogP contribution in [-0.2, 0) is 4.74 Å². The minimum atomic E-state index is 0.232. The fourth-order valence-corrected chi connectivity index (χ4v) is 2.73. The van der Waals surface area contributed by atoms with Gasteiger partial charge in [-0.05, 0) is 24.5 Å². The summed E-state index contributed by atoms with van der Waals surface area (Å²) in [7, 11) is 1.77. The fourth-order valence-electron chi connectivity index (χ4n) is 2.73. The molecule has 1 aliphatic heterocycles. The molecule has 2 unspecified atom stereocenters. The van der Waals surface area contributed by atoms with Gasteiger partial charge in [-0.1, -0.05) is 6.92 Å². The Balaban J connectivity index is 1.98. The van der Waals surface area contributed by atoms with E-state index >= 15 is 0 Å². The lowest BCUT2D eigenvalue weighted by Crippen LogP contribution is -2.44. The third-order valence-electron chi connectivity index (χ3n) is 3.99. The molecule has 1 aliphatic rings. The Morgan fingerprint density at radius 2 is 2.20 bits per heavy atom. The van der Waals surface area contributed by atoms with Crippen LogP contribution in [0.3, 0.4) is 0 Å². The number of ether oxygens (including phenoxy) is 1. The lowest BCUT2D eigenvalue weighted by molar-refractivity contribution is 0.0497. The minimum Gasteiger partial charge on any atom is -0.384 e. The maximum absolute atomic E-state index is 5.71. The van der Waals surface area contributed by atoms with Crippen molar-refractivity contribution in [3.8, 4) is 0 Å². The number of fused-ring (bicyclic) bond motifs is 1. The number of nitrogen functional groups attached to an aromatic ring is 1. The molecule has 6 heteroatoms. The molecule has 0 bridgehead atoms. The molecule has 20 heavy (non-hydrogen) atoms. The zero-order valence-corrected chi connectivity index (χ0v) is 11.8. The van der Waals surface area contributed by atoms with Gasteiger partial charge in [-0.2, -0.15) is 0 Å². The zero-order valence-electron chi connectivity index (χ0n) is 11.8. The van der Waals surface area contributed by atoms with Crippen LogP contribution >= 0.6 is 0 Å². The van der Waals surface area contributed by atoms with Gasteiger partial charge in [-0.3, -0.25) is 0 Å². The molecule has 0 amide bonds. The lowest BCUT2D eigenvalue weighted by Gasteiger charge is -2.37. The van der Waals surface area contributed by atoms with E-state index in [1.165, 1.54) is 0 Å². The molecule has 1 saturated heterocycles. The Hall–Kier alpha value is -1.95. The molecule has 2 aromatic rings. The van der Waals surface area contributed by atoms with Gasteiger partial charge in [-0.25, -0.2) is 15.0 Å². The average molecular weight is 273 g/mol. The first kappa shape index (κ1) is 13.1. The van der Waals surface area contributed by atoms with Crippen molar-refractivity contribution in [2.45, 2.75) is 19.4 Å². The molecule has 1 fully saturated rings. The molecule has 0 radical (unpaired) electrons. The number of nitrogens with zero attached hydrogens (tertiary/aromatic N) is 4. The smallest absolute Gasteiger partial charge is 0.166 e. The van der Waals surface area contributed by atoms with Crippen molar-refractivity contribution in [3.63, 3.8) is 0 Å². The summed E-state index contributed by atoms with van der Waals surface area (Å²) in [6.07, 6.45) is 2.87. The number of piperidine rings is 1. The van der Waals surface area contributed by atoms with E-state index in [4.69, 9.17) is 10.5 Å². The number of anilines is 2. The number of hydrogen-bond donors (Lipinski definition) is 1. The van der Waals surface area contributed by atoms with Gasteiger partial charge in [0.1, 0.15) is 18.0 Å². The van der Waals surface area contributed by atoms with E-state index in [1.807, 2.05) is 6.07 Å². The molecule has 3 heterocycles. The topological polar surface area (TPSA) is 77.2 Å². The van der Waals surface area contributed by atoms with E-state index in [1.54, 1.807) is 19.5 Å². The number of pyridine rings is 1. The summed E-state index contributed by atoms with van der Waals surface area (Å²) in [5, 5.41) is 0.936. The van der Waals surface area contributed by atoms with Crippen LogP contribution in [0.5, 0.6) is 0 Å². The summed E-state index contributed by atoms with van der Waals surface area (Å²) in [6.45, 7) is 4.04. The normalized spacial score (nSPS) is 23.2. The second-order valence-corrected chi connectivity index (χ2v) is 5.29. The maximum Gasteiger partial charge on any atom is 0.166 e. The summed E-state index contributed by atoms with van der Waals surface area (Å²) in [4.78, 5) is 15.1. The Morgan fingerprint density at radius 1 is 1.35 bits per heavy atom. The van der Waals surface area contributed by atoms with Gasteiger partial charge in [0.25, 0.3) is 0 Å². The zero-order chi connectivity index (χ0) is 14.1. The van der Waals surface area contributed by atoms with Crippen LogP contribution < -0.4 is 10.6 Å². The largest absolute Gasteiger partial charge is 0.384 e. The summed E-state index contributed by atoms with van der Waals surface area (Å²) in [6, 6.07) is 3.72. The van der Waals surface area contributed by atoms with Crippen LogP contribution in [0.15, 0.2) is 18.5 Å². The molecule has 2 aromatic heterocycles. The number of methoxy groups -OCH3 is 1. The highest BCUT2D eigenvalue weighted by Gasteiger charge is 2.27. The summed E-state index contributed by atoms with van der Waals surface area (Å²) in [5.74, 6) is 1.96. The summed E-state index contributed by atoms with van der Waals surface area (Å²) < 4.78 is 5.57. The number of rotatable bonds is 2. The quantitative estimate of drug-likeness (QED) is 0.892. The first-order chi connectivity index (χ1) is 9.69. The number of aromatic nitrogens is 3. The van der Waals surface area contributed by atoms with Crippen molar-refractivity contribution in [1.82, 2.24) is 15.0 Å². The highest BCUT2D eigenvalue weighted by Crippen LogP contribution is 2.28. The van der Waals surface area contributed by atoms with E-state index in [2.05, 4.69) is 26.8 Å². The minimum absolute atomic E-state index is 0.232. The number of hydrogen-bond acceptors (Lipinski definition) is 6. The predicted molar refractivity (Wildman–Crippen MR) is 78.5 cm³/mol. The van der Waals surface area contributed by atoms with Crippen LogP contribution in [0.25, 0.3) is 11.0 Å². The van der Waals surface area contributed by atoms with Crippen LogP contribution in [0, 0.1) is 5.92 Å². The Labute approximate surface area is 118 Å². The first-order valence-corrected chi connectivity index (χ1v) is 6.84. The lowest BCUT2D eigenvalue weighted by atomic mass is 9.95. The van der Waals surface area contributed by atoms with Gasteiger partial charge in [0, 0.05) is 20.2 Å². The van der Waals surface area contributed by atoms with Crippen LogP contribution in [-0.4, -0.2) is 41.3 Å². The Kier molecular flexibility index (Phi) is 3.40. The second kappa shape index (κ2) is 5.20. The molecular formula is C14H19N5O. The monoisotopic (exact) mass is 273 g/mol. The van der Waals surface area contributed by atoms with Crippen LogP contribution in [0.1, 0.15) is 13.3 Å². The average Bonchev–Trinajstić information content (AvgIpc) is 2.47. The molecule has 0 aliphatic carbocycles. The SMILES string of the molecule is COC1CN(c2ncnc3nc(N)ccc23)CCC1C. The molecule has 6 nitrogen and oxygen atoms in total. The van der Waals surface area contributed by atoms with E-state index in [-0.39, 0.29) is 6.10 Å². The molecular weight excluding hydrogens is 254 g/mol. The van der Waals surface area contributed by atoms with Crippen molar-refractivity contribution in [1.29, 1.82) is 0 Å². The third-order valence-corrected chi connectivity index (χ3v) is 3.99. The van der Waals surface area contributed by atoms with Gasteiger partial charge in [0.2, 0.25) is 0 Å². The van der Waals surface area contributed by atoms with Gasteiger partial charge >= 0.3 is 0 Å². The van der Waals surface area contributed by atoms with Crippen molar-refractivity contribution in [2.24, 2.45) is 5.92 Å². The highest BCUT2D eigenvalue weighted by molar-refractivity contribution is 5.87. The van der Waals surface area contributed by atoms with Crippen molar-refractivity contribution in [3.05, 3.63) is 18.5 Å². The van der Waals surface area contributed by atoms with Gasteiger partial charge in [-0.15, -0.1) is 0 Å². The molecule has 3 rings (SSSR count). The molecule has 0 saturated carbocycles. The molecule has 106 valence electrons. The van der Waals surface area contributed by atoms with E-state index < -0.39 is 0 Å². The van der Waals surface area contributed by atoms with Gasteiger partial charge in [0.05, 0.1) is 11.5 Å². The van der Waals surface area contributed by atoms with Crippen molar-refractivity contribution < 1.29 is 4.74 Å². The second-order valence-electron chi connectivity index (χ2n) is 5.29. The van der Waals surface area contributed by atoms with E-state index in [0.717, 1.165) is 30.7 Å². The molecule has 2 N–H and O–H groups in total. The fraction of sp³-hybridized carbons (Fsp3) is 0.500. The van der Waals surface area contributed by atoms with Crippen LogP contribution in [0.4, 0.5) is 11.6 Å². The maximum atomic E-state index is 5.71. The molecule has 0 spiro atoms. The highest BCUT2D eigenvalue weighted by atomic mass is 16.5. The Bertz CT molecular complexity index is 618. The van der Waals surface area contributed by atoms with Gasteiger partial charge in [0.15, 0.2) is 5.65 Å². The standard InChI is InChI=1S/C14H19N5O/c1-9-5-6-19(7-11(9)20-2)14-10-3-4-12(15)18-13(10)16-8-17-14/h3-4,8-9,11H,5-7H2,1-2H3,(H2,15,16,17,18). The predicted octanol–water partition coefficient (Wildman–Crippen LogP) is 1.47. The summed E-state index contributed by atoms with van der Waals surface area (Å²) >= 11 is 0. The number of nitrogens with two attached hydrogens (primary N) is 1.